The van der Waals surface area contributed by atoms with Crippen LogP contribution in [0.1, 0.15) is 37.0 Å². The van der Waals surface area contributed by atoms with Crippen molar-refractivity contribution < 1.29 is 13.6 Å². The smallest absolute Gasteiger partial charge is 0.254 e. The molecular weight excluding hydrogens is 272 g/mol. The molecule has 0 aliphatic heterocycles. The van der Waals surface area contributed by atoms with Crippen molar-refractivity contribution in [2.24, 2.45) is 5.41 Å². The second-order valence-corrected chi connectivity index (χ2v) is 4.91. The summed E-state index contributed by atoms with van der Waals surface area (Å²) in [5, 5.41) is 2.67. The van der Waals surface area contributed by atoms with Crippen LogP contribution in [-0.2, 0) is 0 Å². The van der Waals surface area contributed by atoms with Gasteiger partial charge in [-0.15, -0.1) is 11.6 Å². The Hall–Kier alpha value is -1.16. The maximum absolute atomic E-state index is 13.4. The number of benzene rings is 1. The lowest BCUT2D eigenvalue weighted by Crippen LogP contribution is -2.38. The van der Waals surface area contributed by atoms with Crippen molar-refractivity contribution in [1.82, 2.24) is 5.32 Å². The van der Waals surface area contributed by atoms with Crippen molar-refractivity contribution in [3.05, 3.63) is 35.4 Å². The lowest BCUT2D eigenvalue weighted by molar-refractivity contribution is 0.0927. The zero-order valence-electron chi connectivity index (χ0n) is 11.1. The quantitative estimate of drug-likeness (QED) is 0.794. The van der Waals surface area contributed by atoms with Crippen molar-refractivity contribution >= 4 is 17.5 Å². The molecule has 2 nitrogen and oxygen atoms in total. The molecule has 0 spiro atoms. The molecule has 1 rings (SSSR count). The number of nitrogens with one attached hydrogen (secondary N) is 1. The molecular formula is C14H18ClF2NO. The summed E-state index contributed by atoms with van der Waals surface area (Å²) in [5.74, 6) is -1.69. The van der Waals surface area contributed by atoms with Crippen LogP contribution < -0.4 is 5.32 Å². The molecule has 0 saturated carbocycles. The SMILES string of the molecule is CCC(CC)(CCl)CNC(=O)c1ccc(F)cc1F. The van der Waals surface area contributed by atoms with Crippen LogP contribution in [0.25, 0.3) is 0 Å². The first-order valence-corrected chi connectivity index (χ1v) is 6.80. The van der Waals surface area contributed by atoms with E-state index in [4.69, 9.17) is 11.6 Å². The number of hydrogen-bond donors (Lipinski definition) is 1. The third-order valence-corrected chi connectivity index (χ3v) is 4.15. The van der Waals surface area contributed by atoms with E-state index < -0.39 is 17.5 Å². The molecule has 0 aliphatic carbocycles. The number of carbonyl (C=O) groups is 1. The molecule has 19 heavy (non-hydrogen) atoms. The van der Waals surface area contributed by atoms with Gasteiger partial charge in [0.05, 0.1) is 5.56 Å². The van der Waals surface area contributed by atoms with E-state index in [-0.39, 0.29) is 11.0 Å². The van der Waals surface area contributed by atoms with Crippen LogP contribution in [0.5, 0.6) is 0 Å². The van der Waals surface area contributed by atoms with Crippen LogP contribution in [0.15, 0.2) is 18.2 Å². The number of amides is 1. The van der Waals surface area contributed by atoms with Crippen molar-refractivity contribution in [1.29, 1.82) is 0 Å². The van der Waals surface area contributed by atoms with E-state index in [0.717, 1.165) is 25.0 Å². The Kier molecular flexibility index (Phi) is 5.73. The van der Waals surface area contributed by atoms with Crippen LogP contribution in [-0.4, -0.2) is 18.3 Å². The third-order valence-electron chi connectivity index (χ3n) is 3.58. The molecule has 1 aromatic carbocycles. The van der Waals surface area contributed by atoms with E-state index in [1.807, 2.05) is 13.8 Å². The van der Waals surface area contributed by atoms with Gasteiger partial charge in [0, 0.05) is 23.9 Å². The van der Waals surface area contributed by atoms with Gasteiger partial charge in [0.2, 0.25) is 0 Å². The standard InChI is InChI=1S/C14H18ClF2NO/c1-3-14(4-2,8-15)9-18-13(19)11-6-5-10(16)7-12(11)17/h5-7H,3-4,8-9H2,1-2H3,(H,18,19). The maximum Gasteiger partial charge on any atom is 0.254 e. The van der Waals surface area contributed by atoms with E-state index in [2.05, 4.69) is 5.32 Å². The predicted octanol–water partition coefficient (Wildman–Crippen LogP) is 3.74. The summed E-state index contributed by atoms with van der Waals surface area (Å²) in [7, 11) is 0. The summed E-state index contributed by atoms with van der Waals surface area (Å²) in [6.45, 7) is 4.37. The highest BCUT2D eigenvalue weighted by atomic mass is 35.5. The molecule has 0 heterocycles. The zero-order valence-corrected chi connectivity index (χ0v) is 11.9. The van der Waals surface area contributed by atoms with Crippen molar-refractivity contribution in [2.45, 2.75) is 26.7 Å². The Balaban J connectivity index is 2.75. The second kappa shape index (κ2) is 6.85. The molecule has 0 fully saturated rings. The monoisotopic (exact) mass is 289 g/mol. The van der Waals surface area contributed by atoms with Crippen LogP contribution in [0.4, 0.5) is 8.78 Å². The highest BCUT2D eigenvalue weighted by Crippen LogP contribution is 2.27. The van der Waals surface area contributed by atoms with Crippen LogP contribution >= 0.6 is 11.6 Å². The molecule has 1 aromatic rings. The Bertz CT molecular complexity index is 439. The van der Waals surface area contributed by atoms with E-state index in [1.165, 1.54) is 0 Å². The number of alkyl halides is 1. The zero-order chi connectivity index (χ0) is 14.5. The van der Waals surface area contributed by atoms with Gasteiger partial charge in [-0.3, -0.25) is 4.79 Å². The molecule has 0 atom stereocenters. The normalized spacial score (nSPS) is 11.4. The summed E-state index contributed by atoms with van der Waals surface area (Å²) in [5.41, 5.74) is -0.342. The average molecular weight is 290 g/mol. The van der Waals surface area contributed by atoms with Gasteiger partial charge in [-0.2, -0.15) is 0 Å². The highest BCUT2D eigenvalue weighted by Gasteiger charge is 2.26. The molecule has 1 amide bonds. The molecule has 0 aliphatic rings. The minimum atomic E-state index is -0.859. The van der Waals surface area contributed by atoms with Crippen molar-refractivity contribution in [3.63, 3.8) is 0 Å². The number of halogens is 3. The van der Waals surface area contributed by atoms with Crippen LogP contribution in [0.2, 0.25) is 0 Å². The lowest BCUT2D eigenvalue weighted by Gasteiger charge is -2.29. The predicted molar refractivity (Wildman–Crippen MR) is 72.4 cm³/mol. The summed E-state index contributed by atoms with van der Waals surface area (Å²) in [6.07, 6.45) is 1.64. The van der Waals surface area contributed by atoms with Gasteiger partial charge in [0.15, 0.2) is 0 Å². The maximum atomic E-state index is 13.4. The van der Waals surface area contributed by atoms with E-state index in [9.17, 15) is 13.6 Å². The number of hydrogen-bond acceptors (Lipinski definition) is 1. The molecule has 106 valence electrons. The topological polar surface area (TPSA) is 29.1 Å². The minimum Gasteiger partial charge on any atom is -0.351 e. The average Bonchev–Trinajstić information content (AvgIpc) is 2.40. The molecule has 0 saturated heterocycles. The van der Waals surface area contributed by atoms with Gasteiger partial charge >= 0.3 is 0 Å². The fourth-order valence-electron chi connectivity index (χ4n) is 1.77. The van der Waals surface area contributed by atoms with Gasteiger partial charge in [0.1, 0.15) is 11.6 Å². The lowest BCUT2D eigenvalue weighted by atomic mass is 9.84. The Morgan fingerprint density at radius 2 is 1.95 bits per heavy atom. The van der Waals surface area contributed by atoms with Crippen LogP contribution in [0, 0.1) is 17.0 Å². The summed E-state index contributed by atoms with van der Waals surface area (Å²) >= 11 is 5.93. The molecule has 0 unspecified atom stereocenters. The van der Waals surface area contributed by atoms with Crippen molar-refractivity contribution in [2.75, 3.05) is 12.4 Å². The molecule has 1 N–H and O–H groups in total. The number of carbonyl (C=O) groups excluding carboxylic acids is 1. The fraction of sp³-hybridized carbons (Fsp3) is 0.500. The second-order valence-electron chi connectivity index (χ2n) is 4.65. The third kappa shape index (κ3) is 3.90. The summed E-state index contributed by atoms with van der Waals surface area (Å²) in [6, 6.07) is 2.90. The summed E-state index contributed by atoms with van der Waals surface area (Å²) in [4.78, 5) is 11.9. The Morgan fingerprint density at radius 1 is 1.32 bits per heavy atom. The van der Waals surface area contributed by atoms with E-state index in [1.54, 1.807) is 0 Å². The summed E-state index contributed by atoms with van der Waals surface area (Å²) < 4.78 is 26.2. The Morgan fingerprint density at radius 3 is 2.42 bits per heavy atom. The van der Waals surface area contributed by atoms with E-state index >= 15 is 0 Å². The molecule has 5 heteroatoms. The van der Waals surface area contributed by atoms with Crippen molar-refractivity contribution in [3.8, 4) is 0 Å². The van der Waals surface area contributed by atoms with E-state index in [0.29, 0.717) is 18.5 Å². The first kappa shape index (κ1) is 15.9. The molecule has 0 bridgehead atoms. The van der Waals surface area contributed by atoms with Crippen LogP contribution in [0.3, 0.4) is 0 Å². The minimum absolute atomic E-state index is 0.155. The largest absolute Gasteiger partial charge is 0.351 e. The molecule has 0 radical (unpaired) electrons. The van der Waals surface area contributed by atoms with Gasteiger partial charge in [-0.05, 0) is 25.0 Å². The van der Waals surface area contributed by atoms with Gasteiger partial charge in [0.25, 0.3) is 5.91 Å². The number of rotatable bonds is 6. The van der Waals surface area contributed by atoms with Gasteiger partial charge in [-0.1, -0.05) is 13.8 Å². The van der Waals surface area contributed by atoms with Gasteiger partial charge in [-0.25, -0.2) is 8.78 Å². The first-order valence-electron chi connectivity index (χ1n) is 6.27. The highest BCUT2D eigenvalue weighted by molar-refractivity contribution is 6.18. The Labute approximate surface area is 117 Å². The van der Waals surface area contributed by atoms with Gasteiger partial charge < -0.3 is 5.32 Å². The first-order chi connectivity index (χ1) is 8.98. The molecule has 0 aromatic heterocycles. The fourth-order valence-corrected chi connectivity index (χ4v) is 2.25.